The van der Waals surface area contributed by atoms with Gasteiger partial charge in [-0.3, -0.25) is 0 Å². The van der Waals surface area contributed by atoms with E-state index in [0.29, 0.717) is 4.77 Å². The van der Waals surface area contributed by atoms with Gasteiger partial charge in [0.15, 0.2) is 0 Å². The Labute approximate surface area is 62.7 Å². The quantitative estimate of drug-likeness (QED) is 0.592. The van der Waals surface area contributed by atoms with Crippen LogP contribution in [0.2, 0.25) is 0 Å². The van der Waals surface area contributed by atoms with Crippen molar-refractivity contribution in [2.24, 2.45) is 0 Å². The van der Waals surface area contributed by atoms with Crippen molar-refractivity contribution < 1.29 is 5.11 Å². The second kappa shape index (κ2) is 2.89. The van der Waals surface area contributed by atoms with Crippen molar-refractivity contribution in [2.45, 2.75) is 13.0 Å². The van der Waals surface area contributed by atoms with Gasteiger partial charge in [0.1, 0.15) is 0 Å². The van der Waals surface area contributed by atoms with Crippen molar-refractivity contribution in [2.75, 3.05) is 6.61 Å². The van der Waals surface area contributed by atoms with Crippen molar-refractivity contribution in [3.8, 4) is 0 Å². The van der Waals surface area contributed by atoms with Gasteiger partial charge < -0.3 is 5.11 Å². The molecule has 0 unspecified atom stereocenters. The topological polar surface area (TPSA) is 66.7 Å². The smallest absolute Gasteiger partial charge is 0.238 e. The van der Waals surface area contributed by atoms with Gasteiger partial charge in [0.25, 0.3) is 0 Å². The molecule has 2 N–H and O–H groups in total. The van der Waals surface area contributed by atoms with Gasteiger partial charge in [0.2, 0.25) is 4.77 Å². The molecule has 56 valence electrons. The zero-order valence-corrected chi connectivity index (χ0v) is 6.30. The first-order valence-electron chi connectivity index (χ1n) is 2.86. The minimum Gasteiger partial charge on any atom is -0.394 e. The summed E-state index contributed by atoms with van der Waals surface area (Å²) in [7, 11) is 0. The third-order valence-electron chi connectivity index (χ3n) is 1.20. The Kier molecular flexibility index (Phi) is 2.13. The second-order valence-electron chi connectivity index (χ2n) is 1.98. The summed E-state index contributed by atoms with van der Waals surface area (Å²) in [5, 5.41) is 18.2. The molecule has 0 aliphatic carbocycles. The van der Waals surface area contributed by atoms with Gasteiger partial charge in [-0.2, -0.15) is 5.21 Å². The van der Waals surface area contributed by atoms with Crippen LogP contribution >= 0.6 is 12.2 Å². The molecule has 0 fully saturated rings. The van der Waals surface area contributed by atoms with Gasteiger partial charge in [0.05, 0.1) is 12.6 Å². The molecule has 0 saturated heterocycles. The van der Waals surface area contributed by atoms with E-state index >= 15 is 0 Å². The highest BCUT2D eigenvalue weighted by atomic mass is 32.1. The van der Waals surface area contributed by atoms with E-state index in [2.05, 4.69) is 15.5 Å². The number of H-pyrrole nitrogens is 1. The van der Waals surface area contributed by atoms with Crippen LogP contribution in [0.25, 0.3) is 0 Å². The number of aromatic amines is 1. The van der Waals surface area contributed by atoms with Crippen LogP contribution in [-0.4, -0.2) is 31.9 Å². The largest absolute Gasteiger partial charge is 0.394 e. The number of nitrogens with zero attached hydrogens (tertiary/aromatic N) is 3. The number of hydrogen-bond donors (Lipinski definition) is 2. The van der Waals surface area contributed by atoms with E-state index in [1.165, 1.54) is 4.68 Å². The fourth-order valence-corrected chi connectivity index (χ4v) is 0.835. The highest BCUT2D eigenvalue weighted by Gasteiger charge is 2.03. The second-order valence-corrected chi connectivity index (χ2v) is 2.35. The van der Waals surface area contributed by atoms with Crippen molar-refractivity contribution in [1.82, 2.24) is 20.2 Å². The standard InChI is InChI=1S/C4H8N4OS/c1-3(2-9)8-4(10)5-6-7-8/h3,9H,2H2,1H3,(H,5,7,10)/t3-/m0/s1. The van der Waals surface area contributed by atoms with Gasteiger partial charge >= 0.3 is 0 Å². The number of nitrogens with one attached hydrogen (secondary N) is 1. The Morgan fingerprint density at radius 1 is 1.90 bits per heavy atom. The zero-order valence-electron chi connectivity index (χ0n) is 5.48. The Morgan fingerprint density at radius 3 is 3.00 bits per heavy atom. The van der Waals surface area contributed by atoms with Crippen LogP contribution in [0.3, 0.4) is 0 Å². The van der Waals surface area contributed by atoms with Crippen LogP contribution in [0.4, 0.5) is 0 Å². The summed E-state index contributed by atoms with van der Waals surface area (Å²) >= 11 is 4.77. The number of rotatable bonds is 2. The Balaban J connectivity index is 2.93. The van der Waals surface area contributed by atoms with E-state index in [4.69, 9.17) is 17.3 Å². The van der Waals surface area contributed by atoms with Gasteiger partial charge in [-0.1, -0.05) is 10.3 Å². The molecule has 0 aliphatic rings. The first-order chi connectivity index (χ1) is 4.75. The molecular formula is C4H8N4OS. The summed E-state index contributed by atoms with van der Waals surface area (Å²) < 4.78 is 1.89. The number of aliphatic hydroxyl groups excluding tert-OH is 1. The summed E-state index contributed by atoms with van der Waals surface area (Å²) in [6.07, 6.45) is 0. The van der Waals surface area contributed by atoms with Crippen LogP contribution in [0, 0.1) is 4.77 Å². The van der Waals surface area contributed by atoms with Crippen LogP contribution < -0.4 is 0 Å². The van der Waals surface area contributed by atoms with E-state index in [-0.39, 0.29) is 12.6 Å². The predicted octanol–water partition coefficient (Wildman–Crippen LogP) is -0.111. The molecule has 0 saturated carbocycles. The SMILES string of the molecule is C[C@@H](CO)n1[nH]nnc1=S. The van der Waals surface area contributed by atoms with E-state index < -0.39 is 0 Å². The van der Waals surface area contributed by atoms with E-state index in [0.717, 1.165) is 0 Å². The normalized spacial score (nSPS) is 13.4. The summed E-state index contributed by atoms with van der Waals surface area (Å²) in [6.45, 7) is 1.84. The van der Waals surface area contributed by atoms with Crippen LogP contribution in [-0.2, 0) is 0 Å². The lowest BCUT2D eigenvalue weighted by atomic mass is 10.4. The molecule has 0 spiro atoms. The average molecular weight is 160 g/mol. The highest BCUT2D eigenvalue weighted by Crippen LogP contribution is 1.99. The van der Waals surface area contributed by atoms with Gasteiger partial charge in [-0.15, -0.1) is 0 Å². The maximum atomic E-state index is 8.69. The molecule has 6 heteroatoms. The molecule has 5 nitrogen and oxygen atoms in total. The molecule has 0 amide bonds. The van der Waals surface area contributed by atoms with Crippen LogP contribution in [0.15, 0.2) is 0 Å². The van der Waals surface area contributed by atoms with Crippen molar-refractivity contribution >= 4 is 12.2 Å². The first-order valence-corrected chi connectivity index (χ1v) is 3.27. The van der Waals surface area contributed by atoms with Gasteiger partial charge in [0, 0.05) is 0 Å². The molecule has 1 aromatic heterocycles. The molecule has 0 radical (unpaired) electrons. The van der Waals surface area contributed by atoms with E-state index in [9.17, 15) is 0 Å². The molecule has 0 bridgehead atoms. The predicted molar refractivity (Wildman–Crippen MR) is 37.0 cm³/mol. The number of tetrazole rings is 1. The molecule has 1 heterocycles. The average Bonchev–Trinajstić information content (AvgIpc) is 2.34. The summed E-state index contributed by atoms with van der Waals surface area (Å²) in [6, 6.07) is -0.0810. The minimum atomic E-state index is -0.0810. The third-order valence-corrected chi connectivity index (χ3v) is 1.48. The van der Waals surface area contributed by atoms with E-state index in [1.807, 2.05) is 6.92 Å². The minimum absolute atomic E-state index is 0.0260. The highest BCUT2D eigenvalue weighted by molar-refractivity contribution is 7.71. The van der Waals surface area contributed by atoms with Crippen LogP contribution in [0.1, 0.15) is 13.0 Å². The third kappa shape index (κ3) is 1.22. The molecule has 10 heavy (non-hydrogen) atoms. The molecule has 0 aliphatic heterocycles. The lowest BCUT2D eigenvalue weighted by molar-refractivity contribution is 0.227. The Bertz CT molecular complexity index is 254. The number of hydrogen-bond acceptors (Lipinski definition) is 4. The van der Waals surface area contributed by atoms with Crippen molar-refractivity contribution in [1.29, 1.82) is 0 Å². The summed E-state index contributed by atoms with van der Waals surface area (Å²) in [4.78, 5) is 0. The fraction of sp³-hybridized carbons (Fsp3) is 0.750. The Morgan fingerprint density at radius 2 is 2.60 bits per heavy atom. The molecule has 1 atom stereocenters. The maximum Gasteiger partial charge on any atom is 0.238 e. The number of aromatic nitrogens is 4. The van der Waals surface area contributed by atoms with Crippen molar-refractivity contribution in [3.63, 3.8) is 0 Å². The van der Waals surface area contributed by atoms with E-state index in [1.54, 1.807) is 0 Å². The Hall–Kier alpha value is -0.750. The lowest BCUT2D eigenvalue weighted by Crippen LogP contribution is -2.10. The lowest BCUT2D eigenvalue weighted by Gasteiger charge is -2.05. The molecule has 1 rings (SSSR count). The molecule has 1 aromatic rings. The summed E-state index contributed by atoms with van der Waals surface area (Å²) in [5.74, 6) is 0. The van der Waals surface area contributed by atoms with Gasteiger partial charge in [-0.25, -0.2) is 4.68 Å². The van der Waals surface area contributed by atoms with Gasteiger partial charge in [-0.05, 0) is 19.1 Å². The maximum absolute atomic E-state index is 8.69. The fourth-order valence-electron chi connectivity index (χ4n) is 0.573. The number of aliphatic hydroxyl groups is 1. The zero-order chi connectivity index (χ0) is 7.56. The monoisotopic (exact) mass is 160 g/mol. The first kappa shape index (κ1) is 7.36. The summed E-state index contributed by atoms with van der Waals surface area (Å²) in [5.41, 5.74) is 0. The van der Waals surface area contributed by atoms with Crippen molar-refractivity contribution in [3.05, 3.63) is 4.77 Å². The molecular weight excluding hydrogens is 152 g/mol. The van der Waals surface area contributed by atoms with Crippen LogP contribution in [0.5, 0.6) is 0 Å². The molecule has 0 aromatic carbocycles.